The highest BCUT2D eigenvalue weighted by atomic mass is 35.5. The van der Waals surface area contributed by atoms with Crippen molar-refractivity contribution in [3.63, 3.8) is 0 Å². The van der Waals surface area contributed by atoms with Gasteiger partial charge in [0.1, 0.15) is 0 Å². The monoisotopic (exact) mass is 272 g/mol. The van der Waals surface area contributed by atoms with Crippen molar-refractivity contribution in [1.29, 1.82) is 0 Å². The summed E-state index contributed by atoms with van der Waals surface area (Å²) in [7, 11) is 0. The van der Waals surface area contributed by atoms with Gasteiger partial charge in [0.15, 0.2) is 0 Å². The fourth-order valence-electron chi connectivity index (χ4n) is 1.99. The third-order valence-electron chi connectivity index (χ3n) is 2.97. The number of rotatable bonds is 8. The lowest BCUT2D eigenvalue weighted by Gasteiger charge is -2.09. The third-order valence-corrected chi connectivity index (χ3v) is 3.57. The number of unbranched alkanes of at least 4 members (excludes halogenated alkanes) is 4. The van der Waals surface area contributed by atoms with Crippen LogP contribution in [-0.4, -0.2) is 5.38 Å². The van der Waals surface area contributed by atoms with Crippen molar-refractivity contribution in [2.45, 2.75) is 57.2 Å². The SMILES string of the molecule is CCCCCCCC(Cl)Cc1cccc(Cl)c1. The number of benzene rings is 1. The van der Waals surface area contributed by atoms with Crippen LogP contribution in [0.2, 0.25) is 5.02 Å². The molecule has 1 aromatic rings. The molecule has 0 amide bonds. The highest BCUT2D eigenvalue weighted by molar-refractivity contribution is 6.30. The summed E-state index contributed by atoms with van der Waals surface area (Å²) in [5.74, 6) is 0. The minimum atomic E-state index is 0.245. The molecule has 1 unspecified atom stereocenters. The van der Waals surface area contributed by atoms with Crippen LogP contribution >= 0.6 is 23.2 Å². The molecule has 0 bridgehead atoms. The predicted molar refractivity (Wildman–Crippen MR) is 78.2 cm³/mol. The molecule has 0 aliphatic heterocycles. The molecule has 96 valence electrons. The third kappa shape index (κ3) is 6.95. The Morgan fingerprint density at radius 2 is 1.88 bits per heavy atom. The van der Waals surface area contributed by atoms with E-state index in [4.69, 9.17) is 23.2 Å². The maximum Gasteiger partial charge on any atom is 0.0408 e. The number of hydrogen-bond acceptors (Lipinski definition) is 0. The van der Waals surface area contributed by atoms with Crippen LogP contribution in [0.3, 0.4) is 0 Å². The number of alkyl halides is 1. The maximum atomic E-state index is 6.34. The predicted octanol–water partition coefficient (Wildman–Crippen LogP) is 5.85. The van der Waals surface area contributed by atoms with E-state index in [2.05, 4.69) is 13.0 Å². The van der Waals surface area contributed by atoms with Crippen LogP contribution in [0, 0.1) is 0 Å². The van der Waals surface area contributed by atoms with Gasteiger partial charge in [-0.05, 0) is 30.5 Å². The topological polar surface area (TPSA) is 0 Å². The van der Waals surface area contributed by atoms with Gasteiger partial charge in [-0.15, -0.1) is 11.6 Å². The molecule has 0 radical (unpaired) electrons. The molecule has 1 rings (SSSR count). The molecule has 0 spiro atoms. The minimum absolute atomic E-state index is 0.245. The van der Waals surface area contributed by atoms with Gasteiger partial charge in [0, 0.05) is 10.4 Å². The average molecular weight is 273 g/mol. The van der Waals surface area contributed by atoms with Crippen molar-refractivity contribution in [3.05, 3.63) is 34.9 Å². The molecule has 1 aromatic carbocycles. The summed E-state index contributed by atoms with van der Waals surface area (Å²) < 4.78 is 0. The summed E-state index contributed by atoms with van der Waals surface area (Å²) in [6.07, 6.45) is 8.58. The normalized spacial score (nSPS) is 12.6. The molecule has 17 heavy (non-hydrogen) atoms. The molecule has 0 saturated carbocycles. The summed E-state index contributed by atoms with van der Waals surface area (Å²) in [6.45, 7) is 2.24. The zero-order chi connectivity index (χ0) is 12.5. The van der Waals surface area contributed by atoms with Gasteiger partial charge in [0.2, 0.25) is 0 Å². The second-order valence-corrected chi connectivity index (χ2v) is 5.69. The number of halogens is 2. The van der Waals surface area contributed by atoms with Gasteiger partial charge in [-0.25, -0.2) is 0 Å². The maximum absolute atomic E-state index is 6.34. The van der Waals surface area contributed by atoms with Crippen molar-refractivity contribution in [2.24, 2.45) is 0 Å². The zero-order valence-corrected chi connectivity index (χ0v) is 12.1. The van der Waals surface area contributed by atoms with Crippen LogP contribution in [0.15, 0.2) is 24.3 Å². The molecule has 0 saturated heterocycles. The van der Waals surface area contributed by atoms with Crippen molar-refractivity contribution in [2.75, 3.05) is 0 Å². The van der Waals surface area contributed by atoms with Gasteiger partial charge >= 0.3 is 0 Å². The Balaban J connectivity index is 2.18. The van der Waals surface area contributed by atoms with Crippen molar-refractivity contribution < 1.29 is 0 Å². The van der Waals surface area contributed by atoms with E-state index < -0.39 is 0 Å². The first-order valence-corrected chi connectivity index (χ1v) is 7.42. The quantitative estimate of drug-likeness (QED) is 0.411. The molecule has 1 atom stereocenters. The Morgan fingerprint density at radius 3 is 2.59 bits per heavy atom. The lowest BCUT2D eigenvalue weighted by atomic mass is 10.0. The first-order valence-electron chi connectivity index (χ1n) is 6.61. The first kappa shape index (κ1) is 14.9. The van der Waals surface area contributed by atoms with E-state index in [0.717, 1.165) is 17.9 Å². The minimum Gasteiger partial charge on any atom is -0.123 e. The smallest absolute Gasteiger partial charge is 0.0408 e. The van der Waals surface area contributed by atoms with Crippen LogP contribution in [0.5, 0.6) is 0 Å². The molecule has 0 aromatic heterocycles. The van der Waals surface area contributed by atoms with Crippen molar-refractivity contribution in [3.8, 4) is 0 Å². The van der Waals surface area contributed by atoms with Crippen LogP contribution < -0.4 is 0 Å². The van der Waals surface area contributed by atoms with Crippen LogP contribution in [0.25, 0.3) is 0 Å². The van der Waals surface area contributed by atoms with Gasteiger partial charge in [0.25, 0.3) is 0 Å². The lowest BCUT2D eigenvalue weighted by molar-refractivity contribution is 0.593. The molecule has 0 heterocycles. The Labute approximate surface area is 115 Å². The Morgan fingerprint density at radius 1 is 1.12 bits per heavy atom. The molecule has 0 nitrogen and oxygen atoms in total. The zero-order valence-electron chi connectivity index (χ0n) is 10.6. The number of hydrogen-bond donors (Lipinski definition) is 0. The highest BCUT2D eigenvalue weighted by Gasteiger charge is 2.06. The van der Waals surface area contributed by atoms with E-state index in [1.807, 2.05) is 18.2 Å². The molecular formula is C15H22Cl2. The van der Waals surface area contributed by atoms with Crippen LogP contribution in [-0.2, 0) is 6.42 Å². The summed E-state index contributed by atoms with van der Waals surface area (Å²) in [4.78, 5) is 0. The van der Waals surface area contributed by atoms with E-state index >= 15 is 0 Å². The lowest BCUT2D eigenvalue weighted by Crippen LogP contribution is -2.03. The summed E-state index contributed by atoms with van der Waals surface area (Å²) >= 11 is 12.3. The standard InChI is InChI=1S/C15H22Cl2/c1-2-3-4-5-6-9-14(16)11-13-8-7-10-15(17)12-13/h7-8,10,12,14H,2-6,9,11H2,1H3. The largest absolute Gasteiger partial charge is 0.123 e. The van der Waals surface area contributed by atoms with E-state index in [0.29, 0.717) is 0 Å². The van der Waals surface area contributed by atoms with Crippen LogP contribution in [0.1, 0.15) is 51.0 Å². The average Bonchev–Trinajstić information content (AvgIpc) is 2.29. The van der Waals surface area contributed by atoms with Gasteiger partial charge in [-0.3, -0.25) is 0 Å². The highest BCUT2D eigenvalue weighted by Crippen LogP contribution is 2.18. The van der Waals surface area contributed by atoms with E-state index in [-0.39, 0.29) is 5.38 Å². The molecule has 0 fully saturated rings. The fourth-order valence-corrected chi connectivity index (χ4v) is 2.54. The first-order chi connectivity index (χ1) is 8.22. The molecule has 0 aliphatic rings. The summed E-state index contributed by atoms with van der Waals surface area (Å²) in [5.41, 5.74) is 1.24. The van der Waals surface area contributed by atoms with Gasteiger partial charge in [-0.1, -0.05) is 62.8 Å². The van der Waals surface area contributed by atoms with E-state index in [1.165, 1.54) is 37.7 Å². The van der Waals surface area contributed by atoms with Crippen molar-refractivity contribution in [1.82, 2.24) is 0 Å². The van der Waals surface area contributed by atoms with Gasteiger partial charge < -0.3 is 0 Å². The van der Waals surface area contributed by atoms with Gasteiger partial charge in [0.05, 0.1) is 0 Å². The molecule has 0 aliphatic carbocycles. The van der Waals surface area contributed by atoms with Crippen molar-refractivity contribution >= 4 is 23.2 Å². The Kier molecular flexibility index (Phi) is 7.72. The van der Waals surface area contributed by atoms with Gasteiger partial charge in [-0.2, -0.15) is 0 Å². The van der Waals surface area contributed by atoms with E-state index in [9.17, 15) is 0 Å². The van der Waals surface area contributed by atoms with E-state index in [1.54, 1.807) is 0 Å². The fraction of sp³-hybridized carbons (Fsp3) is 0.600. The molecular weight excluding hydrogens is 251 g/mol. The van der Waals surface area contributed by atoms with Crippen LogP contribution in [0.4, 0.5) is 0 Å². The molecule has 2 heteroatoms. The Bertz CT molecular complexity index is 310. The summed E-state index contributed by atoms with van der Waals surface area (Å²) in [5, 5.41) is 1.05. The second-order valence-electron chi connectivity index (χ2n) is 4.63. The molecule has 0 N–H and O–H groups in total. The second kappa shape index (κ2) is 8.83. The Hall–Kier alpha value is -0.200. The summed E-state index contributed by atoms with van der Waals surface area (Å²) in [6, 6.07) is 7.99.